The summed E-state index contributed by atoms with van der Waals surface area (Å²) in [5.41, 5.74) is 1.03. The average Bonchev–Trinajstić information content (AvgIpc) is 2.46. The van der Waals surface area contributed by atoms with E-state index in [9.17, 15) is 9.90 Å². The van der Waals surface area contributed by atoms with E-state index in [1.807, 2.05) is 24.3 Å². The molecule has 1 rings (SSSR count). The normalized spacial score (nSPS) is 11.7. The number of allylic oxidation sites excluding steroid dienone is 1. The molecule has 0 aliphatic carbocycles. The van der Waals surface area contributed by atoms with Crippen LogP contribution in [0, 0.1) is 0 Å². The lowest BCUT2D eigenvalue weighted by Gasteiger charge is -2.15. The molecule has 0 fully saturated rings. The third-order valence-electron chi connectivity index (χ3n) is 2.73. The Morgan fingerprint density at radius 1 is 1.38 bits per heavy atom. The van der Waals surface area contributed by atoms with Crippen LogP contribution in [0.15, 0.2) is 36.9 Å². The van der Waals surface area contributed by atoms with Gasteiger partial charge in [0.25, 0.3) is 0 Å². The van der Waals surface area contributed by atoms with Gasteiger partial charge in [0.2, 0.25) is 0 Å². The minimum absolute atomic E-state index is 0.174. The maximum atomic E-state index is 10.2. The highest BCUT2D eigenvalue weighted by Gasteiger charge is 2.07. The number of nitrogens with one attached hydrogen (secondary N) is 2. The quantitative estimate of drug-likeness (QED) is 0.382. The summed E-state index contributed by atoms with van der Waals surface area (Å²) < 4.78 is 5.60. The third-order valence-corrected chi connectivity index (χ3v) is 2.73. The van der Waals surface area contributed by atoms with Gasteiger partial charge in [0.15, 0.2) is 0 Å². The zero-order chi connectivity index (χ0) is 15.5. The molecule has 0 radical (unpaired) electrons. The molecule has 0 saturated heterocycles. The molecule has 1 unspecified atom stereocenters. The van der Waals surface area contributed by atoms with E-state index in [1.54, 1.807) is 6.08 Å². The van der Waals surface area contributed by atoms with Crippen LogP contribution in [-0.4, -0.2) is 48.7 Å². The molecule has 116 valence electrons. The number of amides is 1. The Hall–Kier alpha value is -2.05. The Morgan fingerprint density at radius 3 is 2.86 bits per heavy atom. The highest BCUT2D eigenvalue weighted by Crippen LogP contribution is 2.18. The summed E-state index contributed by atoms with van der Waals surface area (Å²) >= 11 is 0. The number of aliphatic hydroxyl groups excluding tert-OH is 1. The molecule has 0 aliphatic rings. The molecular weight excluding hydrogens is 272 g/mol. The smallest absolute Gasteiger partial charge is 0.404 e. The summed E-state index contributed by atoms with van der Waals surface area (Å²) in [6.07, 6.45) is 0.798. The minimum Gasteiger partial charge on any atom is -0.491 e. The zero-order valence-corrected chi connectivity index (χ0v) is 11.9. The predicted octanol–water partition coefficient (Wildman–Crippen LogP) is 1.01. The lowest BCUT2D eigenvalue weighted by atomic mass is 10.1. The number of carboxylic acid groups (broad SMARTS) is 1. The summed E-state index contributed by atoms with van der Waals surface area (Å²) in [6.45, 7) is 4.96. The highest BCUT2D eigenvalue weighted by molar-refractivity contribution is 5.64. The fraction of sp³-hybridized carbons (Fsp3) is 0.400. The average molecular weight is 294 g/mol. The second-order valence-corrected chi connectivity index (χ2v) is 4.50. The number of rotatable bonds is 10. The molecule has 1 amide bonds. The number of para-hydroxylation sites is 1. The van der Waals surface area contributed by atoms with E-state index in [2.05, 4.69) is 17.2 Å². The van der Waals surface area contributed by atoms with Gasteiger partial charge in [0.1, 0.15) is 18.5 Å². The van der Waals surface area contributed by atoms with Crippen molar-refractivity contribution in [1.82, 2.24) is 10.6 Å². The fourth-order valence-corrected chi connectivity index (χ4v) is 1.74. The number of hydrogen-bond acceptors (Lipinski definition) is 4. The number of benzene rings is 1. The van der Waals surface area contributed by atoms with Crippen molar-refractivity contribution in [2.75, 3.05) is 26.2 Å². The van der Waals surface area contributed by atoms with Crippen molar-refractivity contribution in [2.45, 2.75) is 12.5 Å². The molecule has 6 heteroatoms. The molecule has 4 N–H and O–H groups in total. The van der Waals surface area contributed by atoms with Crippen LogP contribution in [0.5, 0.6) is 5.75 Å². The fourth-order valence-electron chi connectivity index (χ4n) is 1.74. The first-order chi connectivity index (χ1) is 10.1. The van der Waals surface area contributed by atoms with Crippen LogP contribution in [0.3, 0.4) is 0 Å². The van der Waals surface area contributed by atoms with Crippen molar-refractivity contribution >= 4 is 6.09 Å². The lowest BCUT2D eigenvalue weighted by Crippen LogP contribution is -2.36. The van der Waals surface area contributed by atoms with E-state index in [-0.39, 0.29) is 6.61 Å². The van der Waals surface area contributed by atoms with Crippen LogP contribution in [0.25, 0.3) is 0 Å². The van der Waals surface area contributed by atoms with Crippen LogP contribution in [0.1, 0.15) is 5.56 Å². The van der Waals surface area contributed by atoms with Gasteiger partial charge in [-0.05, 0) is 18.1 Å². The molecule has 0 aromatic heterocycles. The Bertz CT molecular complexity index is 451. The molecule has 1 aromatic carbocycles. The third kappa shape index (κ3) is 7.34. The molecule has 0 aliphatic heterocycles. The van der Waals surface area contributed by atoms with E-state index in [0.717, 1.165) is 11.3 Å². The van der Waals surface area contributed by atoms with Gasteiger partial charge < -0.3 is 25.6 Å². The topological polar surface area (TPSA) is 90.8 Å². The summed E-state index contributed by atoms with van der Waals surface area (Å²) in [4.78, 5) is 10.2. The van der Waals surface area contributed by atoms with E-state index in [4.69, 9.17) is 9.84 Å². The maximum absolute atomic E-state index is 10.2. The first-order valence-electron chi connectivity index (χ1n) is 6.80. The van der Waals surface area contributed by atoms with Crippen molar-refractivity contribution in [3.8, 4) is 5.75 Å². The van der Waals surface area contributed by atoms with Gasteiger partial charge in [-0.2, -0.15) is 0 Å². The van der Waals surface area contributed by atoms with Crippen molar-refractivity contribution in [2.24, 2.45) is 0 Å². The van der Waals surface area contributed by atoms with Crippen LogP contribution in [0.2, 0.25) is 0 Å². The van der Waals surface area contributed by atoms with Crippen molar-refractivity contribution in [3.63, 3.8) is 0 Å². The first-order valence-corrected chi connectivity index (χ1v) is 6.80. The SMILES string of the molecule is C=CCc1ccccc1OCC(O)CNCCNC(=O)O. The Balaban J connectivity index is 2.25. The predicted molar refractivity (Wildman–Crippen MR) is 80.7 cm³/mol. The molecule has 0 bridgehead atoms. The molecule has 21 heavy (non-hydrogen) atoms. The van der Waals surface area contributed by atoms with Gasteiger partial charge in [0.05, 0.1) is 0 Å². The molecular formula is C15H22N2O4. The van der Waals surface area contributed by atoms with E-state index >= 15 is 0 Å². The maximum Gasteiger partial charge on any atom is 0.404 e. The first kappa shape index (κ1) is 17.0. The summed E-state index contributed by atoms with van der Waals surface area (Å²) in [5, 5.41) is 23.4. The molecule has 1 atom stereocenters. The standard InChI is InChI=1S/C15H22N2O4/c1-2-5-12-6-3-4-7-14(12)21-11-13(18)10-16-8-9-17-15(19)20/h2-4,6-7,13,16-18H,1,5,8-11H2,(H,19,20). The second kappa shape index (κ2) is 9.79. The van der Waals surface area contributed by atoms with Crippen molar-refractivity contribution < 1.29 is 19.7 Å². The molecule has 6 nitrogen and oxygen atoms in total. The van der Waals surface area contributed by atoms with Gasteiger partial charge in [0, 0.05) is 19.6 Å². The van der Waals surface area contributed by atoms with E-state index < -0.39 is 12.2 Å². The van der Waals surface area contributed by atoms with Crippen LogP contribution < -0.4 is 15.4 Å². The van der Waals surface area contributed by atoms with Crippen LogP contribution in [0.4, 0.5) is 4.79 Å². The van der Waals surface area contributed by atoms with Crippen molar-refractivity contribution in [1.29, 1.82) is 0 Å². The summed E-state index contributed by atoms with van der Waals surface area (Å²) in [6, 6.07) is 7.62. The molecule has 0 spiro atoms. The largest absolute Gasteiger partial charge is 0.491 e. The Labute approximate surface area is 124 Å². The van der Waals surface area contributed by atoms with Gasteiger partial charge >= 0.3 is 6.09 Å². The van der Waals surface area contributed by atoms with Crippen LogP contribution >= 0.6 is 0 Å². The number of carbonyl (C=O) groups is 1. The van der Waals surface area contributed by atoms with Crippen molar-refractivity contribution in [3.05, 3.63) is 42.5 Å². The zero-order valence-electron chi connectivity index (χ0n) is 11.9. The minimum atomic E-state index is -1.06. The Kier molecular flexibility index (Phi) is 7.93. The summed E-state index contributed by atoms with van der Waals surface area (Å²) in [7, 11) is 0. The number of aliphatic hydroxyl groups is 1. The van der Waals surface area contributed by atoms with Gasteiger partial charge in [-0.1, -0.05) is 24.3 Å². The van der Waals surface area contributed by atoms with Gasteiger partial charge in [-0.15, -0.1) is 6.58 Å². The number of hydrogen-bond donors (Lipinski definition) is 4. The summed E-state index contributed by atoms with van der Waals surface area (Å²) in [5.74, 6) is 0.740. The van der Waals surface area contributed by atoms with Gasteiger partial charge in [-0.3, -0.25) is 0 Å². The molecule has 0 saturated carbocycles. The Morgan fingerprint density at radius 2 is 2.14 bits per heavy atom. The molecule has 0 heterocycles. The van der Waals surface area contributed by atoms with E-state index in [0.29, 0.717) is 26.1 Å². The highest BCUT2D eigenvalue weighted by atomic mass is 16.5. The lowest BCUT2D eigenvalue weighted by molar-refractivity contribution is 0.106. The molecule has 1 aromatic rings. The number of ether oxygens (including phenoxy) is 1. The van der Waals surface area contributed by atoms with Gasteiger partial charge in [-0.25, -0.2) is 4.79 Å². The van der Waals surface area contributed by atoms with E-state index in [1.165, 1.54) is 0 Å². The van der Waals surface area contributed by atoms with Crippen LogP contribution in [-0.2, 0) is 6.42 Å². The second-order valence-electron chi connectivity index (χ2n) is 4.50. The monoisotopic (exact) mass is 294 g/mol.